The van der Waals surface area contributed by atoms with Gasteiger partial charge in [0.25, 0.3) is 0 Å². The van der Waals surface area contributed by atoms with Crippen molar-refractivity contribution in [1.82, 2.24) is 9.71 Å². The molecule has 0 bridgehead atoms. The van der Waals surface area contributed by atoms with Gasteiger partial charge in [-0.05, 0) is 38.1 Å². The maximum atomic E-state index is 13.8. The van der Waals surface area contributed by atoms with E-state index in [1.54, 1.807) is 49.4 Å². The SMILES string of the molecule is Cc1ccc(S(=O)(=O)NCCc2nc(-c3ccccc3F)oc2C)cc1. The molecule has 0 radical (unpaired) electrons. The highest BCUT2D eigenvalue weighted by Crippen LogP contribution is 2.24. The topological polar surface area (TPSA) is 72.2 Å². The van der Waals surface area contributed by atoms with Crippen LogP contribution in [-0.2, 0) is 16.4 Å². The highest BCUT2D eigenvalue weighted by atomic mass is 32.2. The molecule has 0 aliphatic heterocycles. The molecule has 26 heavy (non-hydrogen) atoms. The summed E-state index contributed by atoms with van der Waals surface area (Å²) >= 11 is 0. The van der Waals surface area contributed by atoms with Crippen LogP contribution in [0.3, 0.4) is 0 Å². The third-order valence-corrected chi connectivity index (χ3v) is 5.46. The fraction of sp³-hybridized carbons (Fsp3) is 0.211. The van der Waals surface area contributed by atoms with Crippen molar-refractivity contribution < 1.29 is 17.2 Å². The van der Waals surface area contributed by atoms with Gasteiger partial charge in [0, 0.05) is 13.0 Å². The highest BCUT2D eigenvalue weighted by molar-refractivity contribution is 7.89. The van der Waals surface area contributed by atoms with Crippen LogP contribution in [0.2, 0.25) is 0 Å². The number of hydrogen-bond donors (Lipinski definition) is 1. The summed E-state index contributed by atoms with van der Waals surface area (Å²) in [6.07, 6.45) is 0.342. The van der Waals surface area contributed by atoms with Crippen LogP contribution in [-0.4, -0.2) is 19.9 Å². The van der Waals surface area contributed by atoms with Gasteiger partial charge in [-0.15, -0.1) is 0 Å². The molecule has 136 valence electrons. The second-order valence-electron chi connectivity index (χ2n) is 5.96. The second-order valence-corrected chi connectivity index (χ2v) is 7.73. The summed E-state index contributed by atoms with van der Waals surface area (Å²) in [7, 11) is -3.58. The zero-order chi connectivity index (χ0) is 18.7. The third kappa shape index (κ3) is 4.00. The quantitative estimate of drug-likeness (QED) is 0.715. The van der Waals surface area contributed by atoms with Crippen LogP contribution in [0.1, 0.15) is 17.0 Å². The molecule has 0 amide bonds. The van der Waals surface area contributed by atoms with Gasteiger partial charge in [-0.3, -0.25) is 0 Å². The molecule has 0 aliphatic carbocycles. The first-order valence-electron chi connectivity index (χ1n) is 8.14. The number of aryl methyl sites for hydroxylation is 2. The monoisotopic (exact) mass is 374 g/mol. The Morgan fingerprint density at radius 2 is 1.77 bits per heavy atom. The molecular formula is C19H19FN2O3S. The van der Waals surface area contributed by atoms with E-state index in [0.717, 1.165) is 5.56 Å². The molecule has 1 N–H and O–H groups in total. The number of halogens is 1. The van der Waals surface area contributed by atoms with Gasteiger partial charge < -0.3 is 4.42 Å². The van der Waals surface area contributed by atoms with Crippen LogP contribution < -0.4 is 4.72 Å². The largest absolute Gasteiger partial charge is 0.441 e. The van der Waals surface area contributed by atoms with Crippen LogP contribution in [0.4, 0.5) is 4.39 Å². The Labute approximate surface area is 151 Å². The molecule has 1 aromatic heterocycles. The Hall–Kier alpha value is -2.51. The lowest BCUT2D eigenvalue weighted by molar-refractivity contribution is 0.531. The Morgan fingerprint density at radius 1 is 1.08 bits per heavy atom. The van der Waals surface area contributed by atoms with E-state index in [1.807, 2.05) is 6.92 Å². The van der Waals surface area contributed by atoms with Gasteiger partial charge >= 0.3 is 0 Å². The molecule has 3 rings (SSSR count). The molecule has 7 heteroatoms. The molecule has 0 saturated carbocycles. The molecule has 0 fully saturated rings. The van der Waals surface area contributed by atoms with Gasteiger partial charge in [0.15, 0.2) is 0 Å². The van der Waals surface area contributed by atoms with Crippen molar-refractivity contribution in [3.8, 4) is 11.5 Å². The van der Waals surface area contributed by atoms with Crippen LogP contribution in [0.5, 0.6) is 0 Å². The average Bonchev–Trinajstić information content (AvgIpc) is 2.96. The van der Waals surface area contributed by atoms with E-state index in [2.05, 4.69) is 9.71 Å². The number of sulfonamides is 1. The molecule has 5 nitrogen and oxygen atoms in total. The van der Waals surface area contributed by atoms with E-state index in [-0.39, 0.29) is 22.9 Å². The van der Waals surface area contributed by atoms with Crippen molar-refractivity contribution in [3.63, 3.8) is 0 Å². The number of rotatable bonds is 6. The summed E-state index contributed by atoms with van der Waals surface area (Å²) in [6.45, 7) is 3.78. The Kier molecular flexibility index (Phi) is 5.20. The lowest BCUT2D eigenvalue weighted by Crippen LogP contribution is -2.26. The van der Waals surface area contributed by atoms with Crippen LogP contribution in [0.15, 0.2) is 57.8 Å². The number of oxazole rings is 1. The second kappa shape index (κ2) is 7.39. The van der Waals surface area contributed by atoms with Gasteiger partial charge in [0.05, 0.1) is 16.2 Å². The summed E-state index contributed by atoms with van der Waals surface area (Å²) in [4.78, 5) is 4.52. The van der Waals surface area contributed by atoms with Crippen molar-refractivity contribution in [2.24, 2.45) is 0 Å². The van der Waals surface area contributed by atoms with Crippen molar-refractivity contribution in [2.75, 3.05) is 6.54 Å². The Bertz CT molecular complexity index is 1010. The molecule has 2 aromatic carbocycles. The molecule has 0 spiro atoms. The van der Waals surface area contributed by atoms with E-state index in [4.69, 9.17) is 4.42 Å². The maximum absolute atomic E-state index is 13.8. The van der Waals surface area contributed by atoms with Gasteiger partial charge in [0.1, 0.15) is 11.6 Å². The molecule has 0 unspecified atom stereocenters. The fourth-order valence-corrected chi connectivity index (χ4v) is 3.55. The molecule has 1 heterocycles. The van der Waals surface area contributed by atoms with E-state index in [1.165, 1.54) is 6.07 Å². The van der Waals surface area contributed by atoms with Gasteiger partial charge in [0.2, 0.25) is 15.9 Å². The summed E-state index contributed by atoms with van der Waals surface area (Å²) in [5.74, 6) is 0.315. The third-order valence-electron chi connectivity index (χ3n) is 3.98. The maximum Gasteiger partial charge on any atom is 0.240 e. The number of nitrogens with zero attached hydrogens (tertiary/aromatic N) is 1. The van der Waals surface area contributed by atoms with Crippen molar-refractivity contribution in [3.05, 3.63) is 71.4 Å². The van der Waals surface area contributed by atoms with E-state index >= 15 is 0 Å². The summed E-state index contributed by atoms with van der Waals surface area (Å²) in [5, 5.41) is 0. The van der Waals surface area contributed by atoms with Crippen molar-refractivity contribution in [1.29, 1.82) is 0 Å². The zero-order valence-corrected chi connectivity index (χ0v) is 15.3. The normalized spacial score (nSPS) is 11.7. The Morgan fingerprint density at radius 3 is 2.46 bits per heavy atom. The minimum Gasteiger partial charge on any atom is -0.441 e. The predicted octanol–water partition coefficient (Wildman–Crippen LogP) is 3.62. The van der Waals surface area contributed by atoms with Crippen LogP contribution in [0, 0.1) is 19.7 Å². The molecule has 0 saturated heterocycles. The van der Waals surface area contributed by atoms with Crippen molar-refractivity contribution in [2.45, 2.75) is 25.2 Å². The van der Waals surface area contributed by atoms with Crippen LogP contribution >= 0.6 is 0 Å². The summed E-state index contributed by atoms with van der Waals surface area (Å²) in [6, 6.07) is 12.8. The first kappa shape index (κ1) is 18.3. The predicted molar refractivity (Wildman–Crippen MR) is 96.7 cm³/mol. The lowest BCUT2D eigenvalue weighted by atomic mass is 10.2. The minimum atomic E-state index is -3.58. The van der Waals surface area contributed by atoms with E-state index < -0.39 is 15.8 Å². The van der Waals surface area contributed by atoms with E-state index in [9.17, 15) is 12.8 Å². The number of benzene rings is 2. The molecule has 0 aliphatic rings. The fourth-order valence-electron chi connectivity index (χ4n) is 2.51. The lowest BCUT2D eigenvalue weighted by Gasteiger charge is -2.06. The summed E-state index contributed by atoms with van der Waals surface area (Å²) in [5.41, 5.74) is 1.86. The Balaban J connectivity index is 1.69. The van der Waals surface area contributed by atoms with Gasteiger partial charge in [-0.25, -0.2) is 22.5 Å². The number of nitrogens with one attached hydrogen (secondary N) is 1. The minimum absolute atomic E-state index is 0.167. The summed E-state index contributed by atoms with van der Waals surface area (Å²) < 4.78 is 46.5. The standard InChI is InChI=1S/C19H19FN2O3S/c1-13-7-9-15(10-8-13)26(23,24)21-12-11-18-14(2)25-19(22-18)16-5-3-4-6-17(16)20/h3-10,21H,11-12H2,1-2H3. The first-order valence-corrected chi connectivity index (χ1v) is 9.63. The molecule has 0 atom stereocenters. The smallest absolute Gasteiger partial charge is 0.240 e. The van der Waals surface area contributed by atoms with Crippen LogP contribution in [0.25, 0.3) is 11.5 Å². The average molecular weight is 374 g/mol. The van der Waals surface area contributed by atoms with E-state index in [0.29, 0.717) is 17.9 Å². The van der Waals surface area contributed by atoms with Gasteiger partial charge in [-0.2, -0.15) is 0 Å². The zero-order valence-electron chi connectivity index (χ0n) is 14.5. The first-order chi connectivity index (χ1) is 12.4. The van der Waals surface area contributed by atoms with Gasteiger partial charge in [-0.1, -0.05) is 29.8 Å². The number of hydrogen-bond acceptors (Lipinski definition) is 4. The molecule has 3 aromatic rings. The van der Waals surface area contributed by atoms with Crippen molar-refractivity contribution >= 4 is 10.0 Å². The highest BCUT2D eigenvalue weighted by Gasteiger charge is 2.16. The number of aromatic nitrogens is 1. The molecular weight excluding hydrogens is 355 g/mol.